The minimum atomic E-state index is -0.994. The third-order valence-corrected chi connectivity index (χ3v) is 2.59. The molecule has 2 rings (SSSR count). The number of nitrogens with one attached hydrogen (secondary N) is 1. The predicted molar refractivity (Wildman–Crippen MR) is 67.1 cm³/mol. The Bertz CT molecular complexity index is 577. The van der Waals surface area contributed by atoms with E-state index in [-0.39, 0.29) is 5.56 Å². The quantitative estimate of drug-likeness (QED) is 0.863. The van der Waals surface area contributed by atoms with Gasteiger partial charge in [-0.25, -0.2) is 9.78 Å². The summed E-state index contributed by atoms with van der Waals surface area (Å²) in [6.45, 7) is 4.48. The predicted octanol–water partition coefficient (Wildman–Crippen LogP) is 2.05. The summed E-state index contributed by atoms with van der Waals surface area (Å²) in [6.07, 6.45) is 5.02. The maximum absolute atomic E-state index is 11.2. The zero-order valence-electron chi connectivity index (χ0n) is 10.2. The molecule has 0 aromatic carbocycles. The van der Waals surface area contributed by atoms with Gasteiger partial charge in [0, 0.05) is 18.9 Å². The Kier molecular flexibility index (Phi) is 3.27. The molecule has 6 heteroatoms. The number of carboxylic acid groups (broad SMARTS) is 1. The highest BCUT2D eigenvalue weighted by Crippen LogP contribution is 2.20. The van der Waals surface area contributed by atoms with Crippen LogP contribution in [0, 0.1) is 6.92 Å². The monoisotopic (exact) mass is 246 g/mol. The van der Waals surface area contributed by atoms with Crippen LogP contribution in [0.2, 0.25) is 0 Å². The van der Waals surface area contributed by atoms with E-state index in [1.54, 1.807) is 36.3 Å². The fourth-order valence-corrected chi connectivity index (χ4v) is 1.66. The number of hydrogen-bond donors (Lipinski definition) is 2. The lowest BCUT2D eigenvalue weighted by molar-refractivity contribution is 0.0697. The largest absolute Gasteiger partial charge is 0.478 e. The van der Waals surface area contributed by atoms with Crippen LogP contribution in [0.3, 0.4) is 0 Å². The van der Waals surface area contributed by atoms with Gasteiger partial charge in [0.15, 0.2) is 0 Å². The Morgan fingerprint density at radius 3 is 2.94 bits per heavy atom. The summed E-state index contributed by atoms with van der Waals surface area (Å²) in [5.41, 5.74) is 1.57. The lowest BCUT2D eigenvalue weighted by Crippen LogP contribution is -2.06. The number of pyridine rings is 1. The van der Waals surface area contributed by atoms with Crippen LogP contribution < -0.4 is 5.32 Å². The fourth-order valence-electron chi connectivity index (χ4n) is 1.66. The summed E-state index contributed by atoms with van der Waals surface area (Å²) in [7, 11) is 0. The Labute approximate surface area is 104 Å². The van der Waals surface area contributed by atoms with Gasteiger partial charge >= 0.3 is 5.97 Å². The molecule has 2 aromatic rings. The lowest BCUT2D eigenvalue weighted by Gasteiger charge is -2.08. The molecule has 0 aliphatic rings. The molecule has 0 radical (unpaired) electrons. The first-order valence-electron chi connectivity index (χ1n) is 5.60. The van der Waals surface area contributed by atoms with Gasteiger partial charge in [-0.1, -0.05) is 0 Å². The Hall–Kier alpha value is -2.37. The first kappa shape index (κ1) is 12.1. The standard InChI is InChI=1S/C12H14N4O2/c1-3-16-7-9(6-14-16)15-11-10(12(17)18)8(2)4-5-13-11/h4-7H,3H2,1-2H3,(H,13,15)(H,17,18). The normalized spacial score (nSPS) is 10.3. The summed E-state index contributed by atoms with van der Waals surface area (Å²) < 4.78 is 1.75. The van der Waals surface area contributed by atoms with E-state index in [1.165, 1.54) is 0 Å². The van der Waals surface area contributed by atoms with E-state index in [0.717, 1.165) is 12.2 Å². The van der Waals surface area contributed by atoms with Gasteiger partial charge in [0.25, 0.3) is 0 Å². The second-order valence-corrected chi connectivity index (χ2v) is 3.87. The van der Waals surface area contributed by atoms with Gasteiger partial charge in [-0.05, 0) is 25.5 Å². The maximum Gasteiger partial charge on any atom is 0.339 e. The molecule has 0 bridgehead atoms. The van der Waals surface area contributed by atoms with Crippen molar-refractivity contribution < 1.29 is 9.90 Å². The van der Waals surface area contributed by atoms with Gasteiger partial charge in [-0.2, -0.15) is 5.10 Å². The summed E-state index contributed by atoms with van der Waals surface area (Å²) >= 11 is 0. The topological polar surface area (TPSA) is 80.0 Å². The van der Waals surface area contributed by atoms with Gasteiger partial charge in [0.2, 0.25) is 0 Å². The number of rotatable bonds is 4. The Morgan fingerprint density at radius 1 is 1.56 bits per heavy atom. The average molecular weight is 246 g/mol. The summed E-state index contributed by atoms with van der Waals surface area (Å²) in [5.74, 6) is -0.663. The molecule has 0 aliphatic carbocycles. The van der Waals surface area contributed by atoms with Crippen molar-refractivity contribution in [1.29, 1.82) is 0 Å². The molecular formula is C12H14N4O2. The number of anilines is 2. The molecule has 18 heavy (non-hydrogen) atoms. The van der Waals surface area contributed by atoms with Gasteiger partial charge < -0.3 is 10.4 Å². The highest BCUT2D eigenvalue weighted by atomic mass is 16.4. The van der Waals surface area contributed by atoms with E-state index in [0.29, 0.717) is 11.4 Å². The zero-order valence-corrected chi connectivity index (χ0v) is 10.2. The van der Waals surface area contributed by atoms with Crippen molar-refractivity contribution >= 4 is 17.5 Å². The van der Waals surface area contributed by atoms with Crippen LogP contribution in [0.15, 0.2) is 24.7 Å². The van der Waals surface area contributed by atoms with Crippen LogP contribution >= 0.6 is 0 Å². The molecule has 0 saturated carbocycles. The number of hydrogen-bond acceptors (Lipinski definition) is 4. The number of nitrogens with zero attached hydrogens (tertiary/aromatic N) is 3. The second-order valence-electron chi connectivity index (χ2n) is 3.87. The van der Waals surface area contributed by atoms with Crippen molar-refractivity contribution in [2.24, 2.45) is 0 Å². The Balaban J connectivity index is 2.34. The van der Waals surface area contributed by atoms with E-state index in [2.05, 4.69) is 15.4 Å². The molecule has 0 spiro atoms. The van der Waals surface area contributed by atoms with E-state index in [9.17, 15) is 9.90 Å². The first-order valence-corrected chi connectivity index (χ1v) is 5.60. The zero-order chi connectivity index (χ0) is 13.1. The van der Waals surface area contributed by atoms with Crippen LogP contribution in [-0.2, 0) is 6.54 Å². The molecule has 6 nitrogen and oxygen atoms in total. The smallest absolute Gasteiger partial charge is 0.339 e. The summed E-state index contributed by atoms with van der Waals surface area (Å²) in [5, 5.41) is 16.3. The molecule has 94 valence electrons. The van der Waals surface area contributed by atoms with E-state index in [4.69, 9.17) is 0 Å². The molecule has 0 atom stereocenters. The van der Waals surface area contributed by atoms with Crippen LogP contribution in [0.25, 0.3) is 0 Å². The fraction of sp³-hybridized carbons (Fsp3) is 0.250. The van der Waals surface area contributed by atoms with Crippen LogP contribution in [0.1, 0.15) is 22.8 Å². The van der Waals surface area contributed by atoms with Crippen LogP contribution in [-0.4, -0.2) is 25.8 Å². The van der Waals surface area contributed by atoms with Gasteiger partial charge in [-0.15, -0.1) is 0 Å². The van der Waals surface area contributed by atoms with Crippen molar-refractivity contribution in [3.8, 4) is 0 Å². The molecule has 0 saturated heterocycles. The third-order valence-electron chi connectivity index (χ3n) is 2.59. The first-order chi connectivity index (χ1) is 8.61. The Morgan fingerprint density at radius 2 is 2.33 bits per heavy atom. The van der Waals surface area contributed by atoms with E-state index in [1.807, 2.05) is 6.92 Å². The molecule has 2 N–H and O–H groups in total. The third kappa shape index (κ3) is 2.32. The van der Waals surface area contributed by atoms with Gasteiger partial charge in [0.05, 0.1) is 11.9 Å². The minimum absolute atomic E-state index is 0.182. The second kappa shape index (κ2) is 4.87. The van der Waals surface area contributed by atoms with Crippen molar-refractivity contribution in [3.05, 3.63) is 35.8 Å². The highest BCUT2D eigenvalue weighted by Gasteiger charge is 2.14. The molecule has 0 amide bonds. The molecule has 0 fully saturated rings. The van der Waals surface area contributed by atoms with Crippen molar-refractivity contribution in [3.63, 3.8) is 0 Å². The molecule has 2 heterocycles. The van der Waals surface area contributed by atoms with E-state index < -0.39 is 5.97 Å². The summed E-state index contributed by atoms with van der Waals surface area (Å²) in [4.78, 5) is 15.3. The SMILES string of the molecule is CCn1cc(Nc2nccc(C)c2C(=O)O)cn1. The van der Waals surface area contributed by atoms with Gasteiger partial charge in [0.1, 0.15) is 11.4 Å². The van der Waals surface area contributed by atoms with Crippen molar-refractivity contribution in [1.82, 2.24) is 14.8 Å². The van der Waals surface area contributed by atoms with Crippen LogP contribution in [0.5, 0.6) is 0 Å². The molecule has 0 unspecified atom stereocenters. The molecule has 0 aliphatic heterocycles. The van der Waals surface area contributed by atoms with Gasteiger partial charge in [-0.3, -0.25) is 4.68 Å². The minimum Gasteiger partial charge on any atom is -0.478 e. The number of aryl methyl sites for hydroxylation is 2. The average Bonchev–Trinajstić information content (AvgIpc) is 2.76. The number of carbonyl (C=O) groups is 1. The highest BCUT2D eigenvalue weighted by molar-refractivity contribution is 5.95. The van der Waals surface area contributed by atoms with Crippen LogP contribution in [0.4, 0.5) is 11.5 Å². The van der Waals surface area contributed by atoms with Crippen molar-refractivity contribution in [2.75, 3.05) is 5.32 Å². The summed E-state index contributed by atoms with van der Waals surface area (Å²) in [6, 6.07) is 1.67. The molecule has 2 aromatic heterocycles. The van der Waals surface area contributed by atoms with Crippen molar-refractivity contribution in [2.45, 2.75) is 20.4 Å². The van der Waals surface area contributed by atoms with E-state index >= 15 is 0 Å². The number of aromatic carboxylic acids is 1. The molecular weight excluding hydrogens is 232 g/mol. The maximum atomic E-state index is 11.2. The number of carboxylic acids is 1. The lowest BCUT2D eigenvalue weighted by atomic mass is 10.1. The number of aromatic nitrogens is 3.